The van der Waals surface area contributed by atoms with Crippen molar-refractivity contribution in [3.63, 3.8) is 0 Å². The number of imidazole rings is 1. The number of pyridine rings is 1. The monoisotopic (exact) mass is 374 g/mol. The van der Waals surface area contributed by atoms with Gasteiger partial charge in [-0.1, -0.05) is 50.2 Å². The minimum absolute atomic E-state index is 0.225. The second-order valence-corrected chi connectivity index (χ2v) is 8.24. The highest BCUT2D eigenvalue weighted by atomic mass is 16.5. The van der Waals surface area contributed by atoms with Crippen LogP contribution in [0.15, 0.2) is 48.7 Å². The summed E-state index contributed by atoms with van der Waals surface area (Å²) in [5.41, 5.74) is 3.26. The Labute approximate surface area is 165 Å². The number of carbonyl (C=O) groups is 1. The van der Waals surface area contributed by atoms with Gasteiger partial charge in [-0.05, 0) is 43.2 Å². The third-order valence-corrected chi connectivity index (χ3v) is 5.71. The molecule has 4 nitrogen and oxygen atoms in total. The summed E-state index contributed by atoms with van der Waals surface area (Å²) in [5, 5.41) is 3.47. The number of hydrogen-bond donors (Lipinski definition) is 0. The van der Waals surface area contributed by atoms with Crippen molar-refractivity contribution in [3.8, 4) is 0 Å². The van der Waals surface area contributed by atoms with Gasteiger partial charge in [0.2, 0.25) is 0 Å². The standard InChI is InChI=1S/C24H26N2O2/c1-15(2)13-24(4,23(27)28-5)20-14-25-22-18-11-7-6-10-17(18)21-16(3)9-8-12-19(21)26(20)22/h6-12,14-15H,13H2,1-5H3. The van der Waals surface area contributed by atoms with Crippen LogP contribution in [0, 0.1) is 12.8 Å². The molecule has 0 saturated heterocycles. The van der Waals surface area contributed by atoms with Crippen molar-refractivity contribution in [1.82, 2.24) is 9.38 Å². The van der Waals surface area contributed by atoms with Crippen LogP contribution in [0.5, 0.6) is 0 Å². The van der Waals surface area contributed by atoms with Crippen LogP contribution in [0.1, 0.15) is 38.4 Å². The van der Waals surface area contributed by atoms with Crippen molar-refractivity contribution in [2.45, 2.75) is 39.5 Å². The molecular weight excluding hydrogens is 348 g/mol. The Kier molecular flexibility index (Phi) is 4.37. The second-order valence-electron chi connectivity index (χ2n) is 8.24. The zero-order valence-corrected chi connectivity index (χ0v) is 17.1. The zero-order valence-electron chi connectivity index (χ0n) is 17.1. The number of fused-ring (bicyclic) bond motifs is 6. The molecule has 0 spiro atoms. The van der Waals surface area contributed by atoms with Gasteiger partial charge in [-0.15, -0.1) is 0 Å². The van der Waals surface area contributed by atoms with E-state index >= 15 is 0 Å². The SMILES string of the molecule is COC(=O)C(C)(CC(C)C)c1cnc2c3ccccc3c3c(C)cccc3n12. The number of rotatable bonds is 4. The van der Waals surface area contributed by atoms with Crippen molar-refractivity contribution in [3.05, 3.63) is 59.9 Å². The van der Waals surface area contributed by atoms with Gasteiger partial charge in [-0.3, -0.25) is 9.20 Å². The molecule has 0 bridgehead atoms. The molecule has 2 heterocycles. The first kappa shape index (κ1) is 18.5. The van der Waals surface area contributed by atoms with Gasteiger partial charge in [0.15, 0.2) is 0 Å². The minimum atomic E-state index is -0.776. The molecule has 1 atom stereocenters. The molecule has 0 aliphatic rings. The van der Waals surface area contributed by atoms with Crippen molar-refractivity contribution >= 4 is 33.3 Å². The Morgan fingerprint density at radius 1 is 1.14 bits per heavy atom. The van der Waals surface area contributed by atoms with E-state index in [2.05, 4.69) is 61.6 Å². The maximum absolute atomic E-state index is 12.9. The smallest absolute Gasteiger partial charge is 0.317 e. The number of benzene rings is 2. The number of aryl methyl sites for hydroxylation is 1. The molecule has 0 radical (unpaired) electrons. The van der Waals surface area contributed by atoms with E-state index in [-0.39, 0.29) is 5.97 Å². The Morgan fingerprint density at radius 2 is 1.86 bits per heavy atom. The van der Waals surface area contributed by atoms with E-state index in [9.17, 15) is 4.79 Å². The molecule has 0 N–H and O–H groups in total. The second kappa shape index (κ2) is 6.62. The molecule has 0 saturated carbocycles. The molecule has 0 amide bonds. The average Bonchev–Trinajstić information content (AvgIpc) is 3.13. The fraction of sp³-hybridized carbons (Fsp3) is 0.333. The number of methoxy groups -OCH3 is 1. The number of aromatic nitrogens is 2. The van der Waals surface area contributed by atoms with Crippen LogP contribution in [0.4, 0.5) is 0 Å². The number of hydrogen-bond acceptors (Lipinski definition) is 3. The summed E-state index contributed by atoms with van der Waals surface area (Å²) in [7, 11) is 1.46. The first-order valence-electron chi connectivity index (χ1n) is 9.75. The highest BCUT2D eigenvalue weighted by molar-refractivity contribution is 6.13. The third kappa shape index (κ3) is 2.59. The molecular formula is C24H26N2O2. The third-order valence-electron chi connectivity index (χ3n) is 5.71. The van der Waals surface area contributed by atoms with Crippen molar-refractivity contribution in [2.24, 2.45) is 5.92 Å². The summed E-state index contributed by atoms with van der Waals surface area (Å²) in [6, 6.07) is 14.6. The summed E-state index contributed by atoms with van der Waals surface area (Å²) < 4.78 is 7.39. The largest absolute Gasteiger partial charge is 0.468 e. The number of carbonyl (C=O) groups excluding carboxylic acids is 1. The predicted molar refractivity (Wildman–Crippen MR) is 114 cm³/mol. The van der Waals surface area contributed by atoms with E-state index in [0.717, 1.165) is 22.2 Å². The van der Waals surface area contributed by atoms with E-state index < -0.39 is 5.41 Å². The summed E-state index contributed by atoms with van der Waals surface area (Å²) in [4.78, 5) is 17.7. The Bertz CT molecular complexity index is 1210. The van der Waals surface area contributed by atoms with Crippen LogP contribution >= 0.6 is 0 Å². The van der Waals surface area contributed by atoms with Crippen molar-refractivity contribution < 1.29 is 9.53 Å². The highest BCUT2D eigenvalue weighted by Gasteiger charge is 2.40. The summed E-state index contributed by atoms with van der Waals surface area (Å²) in [6.45, 7) is 8.36. The lowest BCUT2D eigenvalue weighted by Gasteiger charge is -2.28. The van der Waals surface area contributed by atoms with Gasteiger partial charge >= 0.3 is 5.97 Å². The fourth-order valence-electron chi connectivity index (χ4n) is 4.59. The van der Waals surface area contributed by atoms with Crippen LogP contribution in [0.2, 0.25) is 0 Å². The van der Waals surface area contributed by atoms with E-state index in [1.54, 1.807) is 0 Å². The fourth-order valence-corrected chi connectivity index (χ4v) is 4.59. The molecule has 1 unspecified atom stereocenters. The number of esters is 1. The maximum atomic E-state index is 12.9. The Morgan fingerprint density at radius 3 is 2.54 bits per heavy atom. The first-order valence-corrected chi connectivity index (χ1v) is 9.75. The maximum Gasteiger partial charge on any atom is 0.317 e. The first-order chi connectivity index (χ1) is 13.4. The lowest BCUT2D eigenvalue weighted by atomic mass is 9.79. The molecule has 0 aliphatic heterocycles. The van der Waals surface area contributed by atoms with E-state index in [1.165, 1.54) is 23.4 Å². The van der Waals surface area contributed by atoms with Crippen molar-refractivity contribution in [1.29, 1.82) is 0 Å². The van der Waals surface area contributed by atoms with E-state index in [1.807, 2.05) is 19.2 Å². The Hall–Kier alpha value is -2.88. The van der Waals surface area contributed by atoms with Gasteiger partial charge in [0, 0.05) is 10.8 Å². The molecule has 4 aromatic rings. The van der Waals surface area contributed by atoms with E-state index in [4.69, 9.17) is 9.72 Å². The lowest BCUT2D eigenvalue weighted by Crippen LogP contribution is -2.36. The molecule has 0 fully saturated rings. The normalized spacial score (nSPS) is 14.1. The number of nitrogens with zero attached hydrogens (tertiary/aromatic N) is 2. The quantitative estimate of drug-likeness (QED) is 0.353. The minimum Gasteiger partial charge on any atom is -0.468 e. The molecule has 28 heavy (non-hydrogen) atoms. The van der Waals surface area contributed by atoms with E-state index in [0.29, 0.717) is 12.3 Å². The predicted octanol–water partition coefficient (Wildman–Crippen LogP) is 5.43. The van der Waals surface area contributed by atoms with Gasteiger partial charge in [0.25, 0.3) is 0 Å². The summed E-state index contributed by atoms with van der Waals surface area (Å²) in [6.07, 6.45) is 2.54. The summed E-state index contributed by atoms with van der Waals surface area (Å²) >= 11 is 0. The van der Waals surface area contributed by atoms with Gasteiger partial charge in [0.1, 0.15) is 11.1 Å². The topological polar surface area (TPSA) is 43.6 Å². The van der Waals surface area contributed by atoms with Gasteiger partial charge in [-0.25, -0.2) is 4.98 Å². The van der Waals surface area contributed by atoms with Crippen LogP contribution < -0.4 is 0 Å². The molecule has 4 rings (SSSR count). The Balaban J connectivity index is 2.20. The molecule has 2 aromatic heterocycles. The molecule has 2 aromatic carbocycles. The van der Waals surface area contributed by atoms with Crippen LogP contribution in [-0.4, -0.2) is 22.5 Å². The van der Waals surface area contributed by atoms with Crippen LogP contribution in [0.25, 0.3) is 27.3 Å². The summed E-state index contributed by atoms with van der Waals surface area (Å²) in [5.74, 6) is 0.111. The molecule has 144 valence electrons. The van der Waals surface area contributed by atoms with Crippen LogP contribution in [-0.2, 0) is 14.9 Å². The molecule has 4 heteroatoms. The van der Waals surface area contributed by atoms with Gasteiger partial charge < -0.3 is 4.74 Å². The lowest BCUT2D eigenvalue weighted by molar-refractivity contribution is -0.147. The van der Waals surface area contributed by atoms with Gasteiger partial charge in [-0.2, -0.15) is 0 Å². The highest BCUT2D eigenvalue weighted by Crippen LogP contribution is 2.38. The van der Waals surface area contributed by atoms with Crippen LogP contribution in [0.3, 0.4) is 0 Å². The van der Waals surface area contributed by atoms with Crippen molar-refractivity contribution in [2.75, 3.05) is 7.11 Å². The molecule has 0 aliphatic carbocycles. The number of ether oxygens (including phenoxy) is 1. The zero-order chi connectivity index (χ0) is 20.1. The average molecular weight is 374 g/mol. The van der Waals surface area contributed by atoms with Gasteiger partial charge in [0.05, 0.1) is 24.5 Å².